The summed E-state index contributed by atoms with van der Waals surface area (Å²) in [4.78, 5) is 1.05. The molecule has 4 rings (SSSR count). The molecule has 162 valence electrons. The quantitative estimate of drug-likeness (QED) is 0.255. The van der Waals surface area contributed by atoms with Crippen LogP contribution in [0.5, 0.6) is 11.5 Å². The number of hydrogen-bond donors (Lipinski definition) is 0. The molecule has 0 saturated carbocycles. The highest BCUT2D eigenvalue weighted by molar-refractivity contribution is 7.94. The Balaban J connectivity index is 1.26. The number of hydrogen-bond acceptors (Lipinski definition) is 3. The zero-order chi connectivity index (χ0) is 22.3. The van der Waals surface area contributed by atoms with Crippen LogP contribution in [0.25, 0.3) is 11.1 Å². The van der Waals surface area contributed by atoms with E-state index in [0.717, 1.165) is 22.0 Å². The maximum absolute atomic E-state index is 5.95. The largest absolute Gasteiger partial charge is 0.457 e. The van der Waals surface area contributed by atoms with Gasteiger partial charge in [0.1, 0.15) is 11.5 Å². The van der Waals surface area contributed by atoms with Crippen LogP contribution in [-0.2, 0) is 10.8 Å². The second kappa shape index (κ2) is 10.5. The third kappa shape index (κ3) is 6.03. The average molecular weight is 441 g/mol. The van der Waals surface area contributed by atoms with Gasteiger partial charge in [0.05, 0.1) is 6.61 Å². The Labute approximate surface area is 195 Å². The van der Waals surface area contributed by atoms with Crippen molar-refractivity contribution in [3.05, 3.63) is 114 Å². The third-order valence-corrected chi connectivity index (χ3v) is 6.03. The summed E-state index contributed by atoms with van der Waals surface area (Å²) in [5, 5.41) is 0. The van der Waals surface area contributed by atoms with Crippen molar-refractivity contribution in [3.8, 4) is 22.6 Å². The fourth-order valence-corrected chi connectivity index (χ4v) is 3.90. The number of rotatable bonds is 8. The molecule has 0 spiro atoms. The molecule has 4 aromatic rings. The van der Waals surface area contributed by atoms with E-state index in [4.69, 9.17) is 8.92 Å². The minimum atomic E-state index is 0.520. The van der Waals surface area contributed by atoms with Gasteiger partial charge in [-0.05, 0) is 71.5 Å². The van der Waals surface area contributed by atoms with Gasteiger partial charge >= 0.3 is 0 Å². The molecule has 0 fully saturated rings. The van der Waals surface area contributed by atoms with Gasteiger partial charge in [-0.1, -0.05) is 80.1 Å². The molecule has 0 aromatic heterocycles. The van der Waals surface area contributed by atoms with Crippen molar-refractivity contribution in [3.63, 3.8) is 0 Å². The molecular weight excluding hydrogens is 412 g/mol. The third-order valence-electron chi connectivity index (χ3n) is 5.33. The van der Waals surface area contributed by atoms with Gasteiger partial charge in [0.15, 0.2) is 0 Å². The molecule has 0 radical (unpaired) electrons. The van der Waals surface area contributed by atoms with Crippen molar-refractivity contribution in [1.29, 1.82) is 0 Å². The Bertz CT molecular complexity index is 1110. The van der Waals surface area contributed by atoms with Gasteiger partial charge in [-0.15, -0.1) is 0 Å². The Kier molecular flexibility index (Phi) is 7.31. The van der Waals surface area contributed by atoms with Crippen LogP contribution in [0.4, 0.5) is 0 Å². The van der Waals surface area contributed by atoms with Crippen LogP contribution >= 0.6 is 12.0 Å². The zero-order valence-electron chi connectivity index (χ0n) is 18.7. The van der Waals surface area contributed by atoms with Crippen molar-refractivity contribution >= 4 is 12.0 Å². The van der Waals surface area contributed by atoms with Gasteiger partial charge in [0, 0.05) is 16.9 Å². The molecule has 0 saturated heterocycles. The van der Waals surface area contributed by atoms with Crippen LogP contribution < -0.4 is 4.74 Å². The molecule has 0 amide bonds. The Morgan fingerprint density at radius 2 is 1.19 bits per heavy atom. The maximum atomic E-state index is 5.95. The van der Waals surface area contributed by atoms with Crippen molar-refractivity contribution in [2.45, 2.75) is 38.2 Å². The summed E-state index contributed by atoms with van der Waals surface area (Å²) in [5.41, 5.74) is 6.19. The first kappa shape index (κ1) is 22.2. The highest BCUT2D eigenvalue weighted by atomic mass is 32.2. The summed E-state index contributed by atoms with van der Waals surface area (Å²) in [6.07, 6.45) is 0. The van der Waals surface area contributed by atoms with E-state index >= 15 is 0 Å². The second-order valence-corrected chi connectivity index (χ2v) is 9.08. The van der Waals surface area contributed by atoms with E-state index in [-0.39, 0.29) is 0 Å². The molecular formula is C29H28O2S. The molecule has 2 nitrogen and oxygen atoms in total. The van der Waals surface area contributed by atoms with E-state index < -0.39 is 0 Å². The van der Waals surface area contributed by atoms with Crippen LogP contribution in [0, 0.1) is 6.92 Å². The predicted octanol–water partition coefficient (Wildman–Crippen LogP) is 8.80. The highest BCUT2D eigenvalue weighted by Gasteiger charge is 2.03. The van der Waals surface area contributed by atoms with Gasteiger partial charge in [-0.25, -0.2) is 0 Å². The summed E-state index contributed by atoms with van der Waals surface area (Å²) < 4.78 is 11.8. The van der Waals surface area contributed by atoms with E-state index in [1.165, 1.54) is 34.3 Å². The van der Waals surface area contributed by atoms with Crippen LogP contribution in [-0.4, -0.2) is 0 Å². The molecule has 0 aliphatic carbocycles. The lowest BCUT2D eigenvalue weighted by molar-refractivity contribution is 0.364. The van der Waals surface area contributed by atoms with Crippen molar-refractivity contribution in [2.75, 3.05) is 0 Å². The summed E-state index contributed by atoms with van der Waals surface area (Å²) in [6, 6.07) is 33.4. The minimum absolute atomic E-state index is 0.520. The highest BCUT2D eigenvalue weighted by Crippen LogP contribution is 2.28. The number of aryl methyl sites for hydroxylation is 1. The molecule has 0 heterocycles. The molecule has 0 N–H and O–H groups in total. The lowest BCUT2D eigenvalue weighted by Gasteiger charge is -2.09. The second-order valence-electron chi connectivity index (χ2n) is 8.21. The van der Waals surface area contributed by atoms with Crippen LogP contribution in [0.2, 0.25) is 0 Å². The molecule has 0 bridgehead atoms. The monoisotopic (exact) mass is 440 g/mol. The van der Waals surface area contributed by atoms with Gasteiger partial charge in [-0.2, -0.15) is 0 Å². The van der Waals surface area contributed by atoms with E-state index in [9.17, 15) is 0 Å². The molecule has 32 heavy (non-hydrogen) atoms. The van der Waals surface area contributed by atoms with Crippen molar-refractivity contribution in [1.82, 2.24) is 0 Å². The fraction of sp³-hybridized carbons (Fsp3) is 0.172. The molecule has 4 aromatic carbocycles. The fourth-order valence-electron chi connectivity index (χ4n) is 3.33. The summed E-state index contributed by atoms with van der Waals surface area (Å²) >= 11 is 1.38. The Hall–Kier alpha value is -3.01. The van der Waals surface area contributed by atoms with Crippen molar-refractivity contribution in [2.24, 2.45) is 0 Å². The molecule has 0 unspecified atom stereocenters. The predicted molar refractivity (Wildman–Crippen MR) is 134 cm³/mol. The van der Waals surface area contributed by atoms with E-state index in [2.05, 4.69) is 81.4 Å². The molecule has 0 aliphatic heterocycles. The normalized spacial score (nSPS) is 11.0. The SMILES string of the molecule is Cc1ccc(-c2ccc(COSc3ccc(Oc4ccc(C(C)C)cc4)cc3)cc2)cc1. The number of ether oxygens (including phenoxy) is 1. The van der Waals surface area contributed by atoms with E-state index in [1.54, 1.807) is 0 Å². The summed E-state index contributed by atoms with van der Waals surface area (Å²) in [6.45, 7) is 7.04. The summed E-state index contributed by atoms with van der Waals surface area (Å²) in [5.74, 6) is 2.19. The van der Waals surface area contributed by atoms with Crippen LogP contribution in [0.3, 0.4) is 0 Å². The molecule has 0 aliphatic rings. The first-order valence-corrected chi connectivity index (χ1v) is 11.6. The van der Waals surface area contributed by atoms with Gasteiger partial charge in [0.2, 0.25) is 0 Å². The lowest BCUT2D eigenvalue weighted by Crippen LogP contribution is -1.89. The standard InChI is InChI=1S/C29H28O2S/c1-21(2)24-12-14-27(15-13-24)31-28-16-18-29(19-17-28)32-30-20-23-6-10-26(11-7-23)25-8-4-22(3)5-9-25/h4-19,21H,20H2,1-3H3. The van der Waals surface area contributed by atoms with Gasteiger partial charge < -0.3 is 8.92 Å². The topological polar surface area (TPSA) is 18.5 Å². The number of benzene rings is 4. The lowest BCUT2D eigenvalue weighted by atomic mass is 10.0. The average Bonchev–Trinajstić information content (AvgIpc) is 2.82. The zero-order valence-corrected chi connectivity index (χ0v) is 19.6. The first-order chi connectivity index (χ1) is 15.6. The minimum Gasteiger partial charge on any atom is -0.457 e. The van der Waals surface area contributed by atoms with Gasteiger partial charge in [-0.3, -0.25) is 0 Å². The molecule has 0 atom stereocenters. The Morgan fingerprint density at radius 1 is 0.656 bits per heavy atom. The van der Waals surface area contributed by atoms with Crippen LogP contribution in [0.1, 0.15) is 36.5 Å². The van der Waals surface area contributed by atoms with E-state index in [0.29, 0.717) is 12.5 Å². The smallest absolute Gasteiger partial charge is 0.127 e. The van der Waals surface area contributed by atoms with E-state index in [1.807, 2.05) is 36.4 Å². The first-order valence-electron chi connectivity index (χ1n) is 10.9. The van der Waals surface area contributed by atoms with Crippen LogP contribution in [0.15, 0.2) is 102 Å². The maximum Gasteiger partial charge on any atom is 0.127 e. The van der Waals surface area contributed by atoms with Crippen molar-refractivity contribution < 1.29 is 8.92 Å². The van der Waals surface area contributed by atoms with Gasteiger partial charge in [0.25, 0.3) is 0 Å². The molecule has 3 heteroatoms. The summed E-state index contributed by atoms with van der Waals surface area (Å²) in [7, 11) is 0. The Morgan fingerprint density at radius 3 is 1.75 bits per heavy atom.